The normalized spacial score (nSPS) is 10.2. The standard InChI is InChI=1S/C8H4Br2Cl2O/c9-3-6(13)7-5(11)2-1-4(10)8(7)12/h1-2H,3H2. The van der Waals surface area contributed by atoms with Crippen LogP contribution in [0.4, 0.5) is 0 Å². The third kappa shape index (κ3) is 2.46. The number of benzene rings is 1. The van der Waals surface area contributed by atoms with Gasteiger partial charge in [-0.05, 0) is 28.1 Å². The molecular weight excluding hydrogens is 343 g/mol. The SMILES string of the molecule is O=C(CBr)c1c(Cl)ccc(Br)c1Cl. The zero-order chi connectivity index (χ0) is 10.0. The van der Waals surface area contributed by atoms with Gasteiger partial charge in [-0.15, -0.1) is 0 Å². The van der Waals surface area contributed by atoms with Crippen LogP contribution in [0.3, 0.4) is 0 Å². The first-order valence-corrected chi connectivity index (χ1v) is 5.97. The van der Waals surface area contributed by atoms with E-state index in [1.807, 2.05) is 0 Å². The van der Waals surface area contributed by atoms with Crippen LogP contribution < -0.4 is 0 Å². The van der Waals surface area contributed by atoms with Crippen molar-refractivity contribution >= 4 is 60.8 Å². The van der Waals surface area contributed by atoms with Gasteiger partial charge in [0.1, 0.15) is 0 Å². The Morgan fingerprint density at radius 2 is 2.00 bits per heavy atom. The number of carbonyl (C=O) groups excluding carboxylic acids is 1. The molecular formula is C8H4Br2Cl2O. The molecule has 0 saturated carbocycles. The quantitative estimate of drug-likeness (QED) is 0.442. The van der Waals surface area contributed by atoms with E-state index in [-0.39, 0.29) is 11.1 Å². The molecule has 13 heavy (non-hydrogen) atoms. The lowest BCUT2D eigenvalue weighted by molar-refractivity contribution is 0.102. The summed E-state index contributed by atoms with van der Waals surface area (Å²) in [5.74, 6) is -0.128. The third-order valence-electron chi connectivity index (χ3n) is 1.44. The summed E-state index contributed by atoms with van der Waals surface area (Å²) in [6.07, 6.45) is 0. The molecule has 0 aromatic heterocycles. The largest absolute Gasteiger partial charge is 0.293 e. The summed E-state index contributed by atoms with van der Waals surface area (Å²) in [6, 6.07) is 3.34. The maximum Gasteiger partial charge on any atom is 0.176 e. The average Bonchev–Trinajstić information content (AvgIpc) is 2.12. The molecule has 0 aliphatic carbocycles. The van der Waals surface area contributed by atoms with Crippen LogP contribution in [0.25, 0.3) is 0 Å². The first-order valence-electron chi connectivity index (χ1n) is 3.30. The van der Waals surface area contributed by atoms with Gasteiger partial charge in [-0.2, -0.15) is 0 Å². The average molecular weight is 347 g/mol. The van der Waals surface area contributed by atoms with Crippen molar-refractivity contribution in [1.82, 2.24) is 0 Å². The van der Waals surface area contributed by atoms with Crippen LogP contribution in [0.2, 0.25) is 10.0 Å². The van der Waals surface area contributed by atoms with E-state index in [0.29, 0.717) is 20.1 Å². The highest BCUT2D eigenvalue weighted by Gasteiger charge is 2.15. The molecule has 0 fully saturated rings. The number of hydrogen-bond acceptors (Lipinski definition) is 1. The Balaban J connectivity index is 3.33. The lowest BCUT2D eigenvalue weighted by atomic mass is 10.1. The molecule has 0 N–H and O–H groups in total. The van der Waals surface area contributed by atoms with Gasteiger partial charge in [-0.25, -0.2) is 0 Å². The molecule has 0 aliphatic heterocycles. The van der Waals surface area contributed by atoms with E-state index in [2.05, 4.69) is 31.9 Å². The van der Waals surface area contributed by atoms with Gasteiger partial charge in [0.15, 0.2) is 5.78 Å². The molecule has 0 saturated heterocycles. The van der Waals surface area contributed by atoms with Crippen molar-refractivity contribution in [2.24, 2.45) is 0 Å². The van der Waals surface area contributed by atoms with Crippen LogP contribution in [-0.2, 0) is 0 Å². The molecule has 1 rings (SSSR count). The van der Waals surface area contributed by atoms with E-state index < -0.39 is 0 Å². The van der Waals surface area contributed by atoms with E-state index in [1.54, 1.807) is 12.1 Å². The van der Waals surface area contributed by atoms with E-state index in [4.69, 9.17) is 23.2 Å². The fourth-order valence-corrected chi connectivity index (χ4v) is 2.04. The Morgan fingerprint density at radius 3 is 2.54 bits per heavy atom. The smallest absolute Gasteiger partial charge is 0.176 e. The highest BCUT2D eigenvalue weighted by molar-refractivity contribution is 9.10. The molecule has 5 heteroatoms. The predicted molar refractivity (Wildman–Crippen MR) is 62.3 cm³/mol. The van der Waals surface area contributed by atoms with Crippen LogP contribution in [0.15, 0.2) is 16.6 Å². The first-order chi connectivity index (χ1) is 6.07. The Bertz CT molecular complexity index is 352. The minimum absolute atomic E-state index is 0.128. The number of rotatable bonds is 2. The van der Waals surface area contributed by atoms with Gasteiger partial charge in [-0.3, -0.25) is 4.79 Å². The number of Topliss-reactive ketones (excluding diaryl/α,β-unsaturated/α-hetero) is 1. The summed E-state index contributed by atoms with van der Waals surface area (Å²) in [5, 5.41) is 0.942. The van der Waals surface area contributed by atoms with Gasteiger partial charge >= 0.3 is 0 Å². The van der Waals surface area contributed by atoms with E-state index >= 15 is 0 Å². The Labute approximate surface area is 103 Å². The van der Waals surface area contributed by atoms with Crippen molar-refractivity contribution in [3.63, 3.8) is 0 Å². The molecule has 1 nitrogen and oxygen atoms in total. The second-order valence-corrected chi connectivity index (χ2v) is 4.48. The fourth-order valence-electron chi connectivity index (χ4n) is 0.849. The van der Waals surface area contributed by atoms with Gasteiger partial charge < -0.3 is 0 Å². The molecule has 0 aliphatic rings. The van der Waals surface area contributed by atoms with Crippen molar-refractivity contribution in [1.29, 1.82) is 0 Å². The maximum atomic E-state index is 11.4. The molecule has 0 atom stereocenters. The summed E-state index contributed by atoms with van der Waals surface area (Å²) in [7, 11) is 0. The van der Waals surface area contributed by atoms with Crippen LogP contribution in [-0.4, -0.2) is 11.1 Å². The summed E-state index contributed by atoms with van der Waals surface area (Å²) < 4.78 is 0.669. The molecule has 0 bridgehead atoms. The van der Waals surface area contributed by atoms with Crippen molar-refractivity contribution in [2.75, 3.05) is 5.33 Å². The molecule has 1 aromatic carbocycles. The second kappa shape index (κ2) is 4.78. The summed E-state index contributed by atoms with van der Waals surface area (Å²) in [5.41, 5.74) is 0.356. The zero-order valence-electron chi connectivity index (χ0n) is 6.28. The van der Waals surface area contributed by atoms with Crippen molar-refractivity contribution in [3.8, 4) is 0 Å². The Morgan fingerprint density at radius 1 is 1.38 bits per heavy atom. The van der Waals surface area contributed by atoms with Gasteiger partial charge in [-0.1, -0.05) is 39.1 Å². The number of hydrogen-bond donors (Lipinski definition) is 0. The number of carbonyl (C=O) groups is 1. The highest BCUT2D eigenvalue weighted by atomic mass is 79.9. The van der Waals surface area contributed by atoms with Crippen LogP contribution in [0.5, 0.6) is 0 Å². The van der Waals surface area contributed by atoms with Gasteiger partial charge in [0, 0.05) is 4.47 Å². The lowest BCUT2D eigenvalue weighted by Gasteiger charge is -2.05. The summed E-state index contributed by atoms with van der Waals surface area (Å²) in [4.78, 5) is 11.4. The monoisotopic (exact) mass is 344 g/mol. The molecule has 0 amide bonds. The van der Waals surface area contributed by atoms with Crippen molar-refractivity contribution < 1.29 is 4.79 Å². The number of ketones is 1. The first kappa shape index (κ1) is 11.5. The molecule has 0 heterocycles. The lowest BCUT2D eigenvalue weighted by Crippen LogP contribution is -2.02. The van der Waals surface area contributed by atoms with Crippen LogP contribution in [0.1, 0.15) is 10.4 Å². The van der Waals surface area contributed by atoms with Gasteiger partial charge in [0.25, 0.3) is 0 Å². The minimum atomic E-state index is -0.128. The Hall–Kier alpha value is 0.430. The molecule has 0 radical (unpaired) electrons. The van der Waals surface area contributed by atoms with E-state index in [1.165, 1.54) is 0 Å². The summed E-state index contributed by atoms with van der Waals surface area (Å²) in [6.45, 7) is 0. The highest BCUT2D eigenvalue weighted by Crippen LogP contribution is 2.32. The molecule has 0 spiro atoms. The Kier molecular flexibility index (Phi) is 4.23. The van der Waals surface area contributed by atoms with Crippen molar-refractivity contribution in [3.05, 3.63) is 32.2 Å². The number of halogens is 4. The molecule has 70 valence electrons. The minimum Gasteiger partial charge on any atom is -0.293 e. The van der Waals surface area contributed by atoms with Gasteiger partial charge in [0.05, 0.1) is 20.9 Å². The number of alkyl halides is 1. The van der Waals surface area contributed by atoms with Crippen LogP contribution in [0, 0.1) is 0 Å². The fraction of sp³-hybridized carbons (Fsp3) is 0.125. The van der Waals surface area contributed by atoms with Gasteiger partial charge in [0.2, 0.25) is 0 Å². The van der Waals surface area contributed by atoms with E-state index in [9.17, 15) is 4.79 Å². The second-order valence-electron chi connectivity index (χ2n) is 2.27. The molecule has 1 aromatic rings. The summed E-state index contributed by atoms with van der Waals surface area (Å²) >= 11 is 18.0. The van der Waals surface area contributed by atoms with Crippen molar-refractivity contribution in [2.45, 2.75) is 0 Å². The van der Waals surface area contributed by atoms with E-state index in [0.717, 1.165) is 0 Å². The zero-order valence-corrected chi connectivity index (χ0v) is 11.0. The van der Waals surface area contributed by atoms with Crippen LogP contribution >= 0.6 is 55.1 Å². The topological polar surface area (TPSA) is 17.1 Å². The predicted octanol–water partition coefficient (Wildman–Crippen LogP) is 4.33. The molecule has 0 unspecified atom stereocenters. The maximum absolute atomic E-state index is 11.4. The third-order valence-corrected chi connectivity index (χ3v) is 3.55.